The lowest BCUT2D eigenvalue weighted by Gasteiger charge is -2.27. The highest BCUT2D eigenvalue weighted by molar-refractivity contribution is 5.89. The van der Waals surface area contributed by atoms with E-state index < -0.39 is 0 Å². The highest BCUT2D eigenvalue weighted by Gasteiger charge is 2.22. The number of nitrogens with one attached hydrogen (secondary N) is 1. The third-order valence-electron chi connectivity index (χ3n) is 5.16. The maximum absolute atomic E-state index is 12.3. The Morgan fingerprint density at radius 1 is 1.26 bits per heavy atom. The van der Waals surface area contributed by atoms with Crippen molar-refractivity contribution in [3.05, 3.63) is 35.1 Å². The average Bonchev–Trinajstić information content (AvgIpc) is 2.95. The van der Waals surface area contributed by atoms with Crippen molar-refractivity contribution < 1.29 is 14.3 Å². The number of carbonyl (C=O) groups is 1. The summed E-state index contributed by atoms with van der Waals surface area (Å²) in [6.45, 7) is 4.37. The quantitative estimate of drug-likeness (QED) is 0.910. The lowest BCUT2D eigenvalue weighted by molar-refractivity contribution is -0.121. The third kappa shape index (κ3) is 3.42. The molecule has 2 N–H and O–H groups in total. The maximum atomic E-state index is 12.3. The molecular weight excluding hydrogens is 290 g/mol. The lowest BCUT2D eigenvalue weighted by atomic mass is 9.86. The molecule has 1 amide bonds. The first-order chi connectivity index (χ1) is 11.1. The van der Waals surface area contributed by atoms with E-state index in [1.165, 1.54) is 5.56 Å². The minimum absolute atomic E-state index is 0.0541. The normalized spacial score (nSPS) is 21.5. The number of hydrogen-bond donors (Lipinski definition) is 2. The number of fused-ring (bicyclic) bond motifs is 1. The molecule has 0 saturated heterocycles. The monoisotopic (exact) mass is 315 g/mol. The molecule has 0 bridgehead atoms. The summed E-state index contributed by atoms with van der Waals surface area (Å²) in [5.41, 5.74) is 4.17. The fourth-order valence-corrected chi connectivity index (χ4v) is 3.47. The van der Waals surface area contributed by atoms with Crippen molar-refractivity contribution in [1.29, 1.82) is 0 Å². The lowest BCUT2D eigenvalue weighted by Crippen LogP contribution is -2.38. The summed E-state index contributed by atoms with van der Waals surface area (Å²) in [7, 11) is 0. The Labute approximate surface area is 136 Å². The molecule has 0 radical (unpaired) electrons. The van der Waals surface area contributed by atoms with Gasteiger partial charge >= 0.3 is 0 Å². The van der Waals surface area contributed by atoms with Crippen LogP contribution in [0.4, 0.5) is 0 Å². The second kappa shape index (κ2) is 6.75. The molecule has 0 unspecified atom stereocenters. The zero-order valence-electron chi connectivity index (χ0n) is 13.9. The molecule has 1 aliphatic carbocycles. The number of furan rings is 1. The minimum Gasteiger partial charge on any atom is -0.464 e. The first-order valence-electron chi connectivity index (χ1n) is 8.45. The smallest absolute Gasteiger partial charge is 0.224 e. The van der Waals surface area contributed by atoms with Gasteiger partial charge in [-0.05, 0) is 56.6 Å². The van der Waals surface area contributed by atoms with Crippen LogP contribution >= 0.6 is 0 Å². The molecule has 3 rings (SSSR count). The van der Waals surface area contributed by atoms with Crippen molar-refractivity contribution in [2.75, 3.05) is 6.61 Å². The fraction of sp³-hybridized carbons (Fsp3) is 0.526. The fourth-order valence-electron chi connectivity index (χ4n) is 3.47. The van der Waals surface area contributed by atoms with E-state index in [9.17, 15) is 9.90 Å². The summed E-state index contributed by atoms with van der Waals surface area (Å²) in [6, 6.07) is 4.36. The van der Waals surface area contributed by atoms with Gasteiger partial charge in [0.1, 0.15) is 5.58 Å². The van der Waals surface area contributed by atoms with E-state index in [4.69, 9.17) is 4.42 Å². The minimum atomic E-state index is 0.0541. The van der Waals surface area contributed by atoms with E-state index >= 15 is 0 Å². The molecule has 124 valence electrons. The first-order valence-corrected chi connectivity index (χ1v) is 8.45. The molecular formula is C19H25NO3. The van der Waals surface area contributed by atoms with Crippen LogP contribution in [0.2, 0.25) is 0 Å². The van der Waals surface area contributed by atoms with Crippen molar-refractivity contribution in [2.45, 2.75) is 52.0 Å². The van der Waals surface area contributed by atoms with E-state index in [0.29, 0.717) is 12.3 Å². The van der Waals surface area contributed by atoms with Gasteiger partial charge in [-0.3, -0.25) is 4.79 Å². The Hall–Kier alpha value is -1.81. The SMILES string of the molecule is Cc1ccc2c(CC(=O)NC3CCC(CO)CC3)coc2c1C. The molecule has 0 aliphatic heterocycles. The van der Waals surface area contributed by atoms with Gasteiger partial charge in [0.25, 0.3) is 0 Å². The molecule has 0 spiro atoms. The van der Waals surface area contributed by atoms with Crippen LogP contribution in [0, 0.1) is 19.8 Å². The molecule has 1 aromatic heterocycles. The van der Waals surface area contributed by atoms with Gasteiger partial charge in [0.2, 0.25) is 5.91 Å². The summed E-state index contributed by atoms with van der Waals surface area (Å²) in [6.07, 6.45) is 5.97. The number of aliphatic hydroxyl groups excluding tert-OH is 1. The van der Waals surface area contributed by atoms with Gasteiger partial charge < -0.3 is 14.8 Å². The topological polar surface area (TPSA) is 62.5 Å². The number of amides is 1. The van der Waals surface area contributed by atoms with Crippen LogP contribution in [-0.4, -0.2) is 23.7 Å². The van der Waals surface area contributed by atoms with Gasteiger partial charge in [-0.15, -0.1) is 0 Å². The summed E-state index contributed by atoms with van der Waals surface area (Å²) in [5.74, 6) is 0.463. The second-order valence-corrected chi connectivity index (χ2v) is 6.79. The Balaban J connectivity index is 1.63. The van der Waals surface area contributed by atoms with Crippen LogP contribution in [0.5, 0.6) is 0 Å². The molecule has 23 heavy (non-hydrogen) atoms. The number of hydrogen-bond acceptors (Lipinski definition) is 3. The van der Waals surface area contributed by atoms with Crippen LogP contribution < -0.4 is 5.32 Å². The Morgan fingerprint density at radius 3 is 2.70 bits per heavy atom. The average molecular weight is 315 g/mol. The number of aliphatic hydroxyl groups is 1. The molecule has 1 aliphatic rings. The molecule has 1 fully saturated rings. The summed E-state index contributed by atoms with van der Waals surface area (Å²) in [4.78, 5) is 12.3. The molecule has 1 heterocycles. The third-order valence-corrected chi connectivity index (χ3v) is 5.16. The number of carbonyl (C=O) groups excluding carboxylic acids is 1. The van der Waals surface area contributed by atoms with Crippen molar-refractivity contribution in [3.8, 4) is 0 Å². The number of benzene rings is 1. The zero-order valence-corrected chi connectivity index (χ0v) is 13.9. The van der Waals surface area contributed by atoms with Crippen molar-refractivity contribution in [1.82, 2.24) is 5.32 Å². The molecule has 4 nitrogen and oxygen atoms in total. The van der Waals surface area contributed by atoms with Crippen molar-refractivity contribution in [2.24, 2.45) is 5.92 Å². The van der Waals surface area contributed by atoms with Gasteiger partial charge in [0.15, 0.2) is 0 Å². The van der Waals surface area contributed by atoms with E-state index in [2.05, 4.69) is 18.3 Å². The first kappa shape index (κ1) is 16.1. The van der Waals surface area contributed by atoms with Gasteiger partial charge in [-0.1, -0.05) is 12.1 Å². The van der Waals surface area contributed by atoms with Crippen LogP contribution in [0.1, 0.15) is 42.4 Å². The van der Waals surface area contributed by atoms with E-state index in [0.717, 1.165) is 47.8 Å². The van der Waals surface area contributed by atoms with Crippen LogP contribution in [0.25, 0.3) is 11.0 Å². The highest BCUT2D eigenvalue weighted by atomic mass is 16.3. The molecule has 0 atom stereocenters. The summed E-state index contributed by atoms with van der Waals surface area (Å²) < 4.78 is 5.67. The predicted molar refractivity (Wildman–Crippen MR) is 90.4 cm³/mol. The van der Waals surface area contributed by atoms with E-state index in [1.807, 2.05) is 13.0 Å². The van der Waals surface area contributed by atoms with Gasteiger partial charge in [0, 0.05) is 23.6 Å². The molecule has 2 aromatic rings. The number of aryl methyl sites for hydroxylation is 2. The second-order valence-electron chi connectivity index (χ2n) is 6.79. The van der Waals surface area contributed by atoms with Crippen LogP contribution in [0.15, 0.2) is 22.8 Å². The van der Waals surface area contributed by atoms with Crippen molar-refractivity contribution in [3.63, 3.8) is 0 Å². The van der Waals surface area contributed by atoms with Gasteiger partial charge in [-0.25, -0.2) is 0 Å². The molecule has 4 heteroatoms. The standard InChI is InChI=1S/C19H25NO3/c1-12-3-8-17-15(11-23-19(17)13(12)2)9-18(22)20-16-6-4-14(10-21)5-7-16/h3,8,11,14,16,21H,4-7,9-10H2,1-2H3,(H,20,22). The van der Waals surface area contributed by atoms with Crippen LogP contribution in [0.3, 0.4) is 0 Å². The largest absolute Gasteiger partial charge is 0.464 e. The zero-order chi connectivity index (χ0) is 16.4. The van der Waals surface area contributed by atoms with Crippen molar-refractivity contribution >= 4 is 16.9 Å². The van der Waals surface area contributed by atoms with Gasteiger partial charge in [0.05, 0.1) is 12.7 Å². The van der Waals surface area contributed by atoms with Crippen LogP contribution in [-0.2, 0) is 11.2 Å². The van der Waals surface area contributed by atoms with E-state index in [-0.39, 0.29) is 18.6 Å². The molecule has 1 aromatic carbocycles. The van der Waals surface area contributed by atoms with E-state index in [1.54, 1.807) is 6.26 Å². The summed E-state index contributed by atoms with van der Waals surface area (Å²) in [5, 5.41) is 13.3. The maximum Gasteiger partial charge on any atom is 0.224 e. The predicted octanol–water partition coefficient (Wildman–Crippen LogP) is 3.26. The Morgan fingerprint density at radius 2 is 2.00 bits per heavy atom. The Kier molecular flexibility index (Phi) is 4.71. The molecule has 1 saturated carbocycles. The van der Waals surface area contributed by atoms with Gasteiger partial charge in [-0.2, -0.15) is 0 Å². The Bertz CT molecular complexity index is 696. The number of rotatable bonds is 4. The summed E-state index contributed by atoms with van der Waals surface area (Å²) >= 11 is 0. The highest BCUT2D eigenvalue weighted by Crippen LogP contribution is 2.27.